The van der Waals surface area contributed by atoms with Crippen molar-refractivity contribution in [1.82, 2.24) is 19.5 Å². The molecule has 0 amide bonds. The predicted molar refractivity (Wildman–Crippen MR) is 254 cm³/mol. The van der Waals surface area contributed by atoms with Gasteiger partial charge in [0.25, 0.3) is 0 Å². The number of para-hydroxylation sites is 1. The summed E-state index contributed by atoms with van der Waals surface area (Å²) in [7, 11) is 0. The number of furan rings is 1. The van der Waals surface area contributed by atoms with Crippen LogP contribution in [0.2, 0.25) is 0 Å². The summed E-state index contributed by atoms with van der Waals surface area (Å²) in [5.74, 6) is 1.80. The Kier molecular flexibility index (Phi) is 8.42. The van der Waals surface area contributed by atoms with E-state index >= 15 is 0 Å². The molecular formula is C57H36N4O. The van der Waals surface area contributed by atoms with Crippen molar-refractivity contribution in [3.8, 4) is 73.2 Å². The summed E-state index contributed by atoms with van der Waals surface area (Å²) in [6.07, 6.45) is 0. The van der Waals surface area contributed by atoms with Crippen molar-refractivity contribution in [2.45, 2.75) is 0 Å². The lowest BCUT2D eigenvalue weighted by Crippen LogP contribution is -2.00. The van der Waals surface area contributed by atoms with Gasteiger partial charge in [-0.2, -0.15) is 0 Å². The van der Waals surface area contributed by atoms with Crippen LogP contribution in [0.3, 0.4) is 0 Å². The second kappa shape index (κ2) is 14.7. The fourth-order valence-electron chi connectivity index (χ4n) is 8.85. The molecule has 5 nitrogen and oxygen atoms in total. The first-order chi connectivity index (χ1) is 30.7. The standard InChI is InChI=1S/C57H36N4O/c1-4-14-37(15-5-1)39-26-28-40(29-27-39)43-21-13-23-46(35-43)61-50-25-11-10-24-47(50)48-32-33-51-53(54(48)61)49-31-30-45(36-52(49)62-51)57-59-55(41-18-8-3-9-19-41)58-56(60-57)44-22-12-20-42(34-44)38-16-6-2-7-17-38/h1-36H. The van der Waals surface area contributed by atoms with Crippen LogP contribution in [0.25, 0.3) is 117 Å². The van der Waals surface area contributed by atoms with E-state index in [-0.39, 0.29) is 0 Å². The molecule has 0 aliphatic carbocycles. The first-order valence-corrected chi connectivity index (χ1v) is 20.8. The summed E-state index contributed by atoms with van der Waals surface area (Å²) in [5.41, 5.74) is 14.6. The maximum Gasteiger partial charge on any atom is 0.164 e. The number of hydrogen-bond donors (Lipinski definition) is 0. The number of fused-ring (bicyclic) bond motifs is 7. The third kappa shape index (κ3) is 6.14. The molecule has 3 heterocycles. The Morgan fingerprint density at radius 2 is 0.790 bits per heavy atom. The topological polar surface area (TPSA) is 56.7 Å². The number of nitrogens with zero attached hydrogens (tertiary/aromatic N) is 4. The zero-order chi connectivity index (χ0) is 41.0. The molecule has 9 aromatic carbocycles. The quantitative estimate of drug-likeness (QED) is 0.161. The highest BCUT2D eigenvalue weighted by Crippen LogP contribution is 2.42. The molecule has 12 rings (SSSR count). The Bertz CT molecular complexity index is 3610. The van der Waals surface area contributed by atoms with E-state index in [0.29, 0.717) is 17.5 Å². The SMILES string of the molecule is c1ccc(-c2ccc(-c3cccc(-n4c5ccccc5c5ccc6oc7cc(-c8nc(-c9ccccc9)nc(-c9cccc(-c%10ccccc%10)c9)n8)ccc7c6c54)c3)cc2)cc1. The highest BCUT2D eigenvalue weighted by molar-refractivity contribution is 6.24. The minimum Gasteiger partial charge on any atom is -0.456 e. The molecule has 12 aromatic rings. The van der Waals surface area contributed by atoms with Crippen LogP contribution in [0.15, 0.2) is 223 Å². The minimum absolute atomic E-state index is 0.578. The van der Waals surface area contributed by atoms with Crippen molar-refractivity contribution in [3.05, 3.63) is 218 Å². The van der Waals surface area contributed by atoms with Gasteiger partial charge in [-0.05, 0) is 81.9 Å². The van der Waals surface area contributed by atoms with Gasteiger partial charge in [-0.3, -0.25) is 0 Å². The minimum atomic E-state index is 0.578. The van der Waals surface area contributed by atoms with Gasteiger partial charge in [0.15, 0.2) is 17.5 Å². The fraction of sp³-hybridized carbons (Fsp3) is 0. The van der Waals surface area contributed by atoms with E-state index in [1.54, 1.807) is 0 Å². The lowest BCUT2D eigenvalue weighted by Gasteiger charge is -2.11. The fourth-order valence-corrected chi connectivity index (χ4v) is 8.85. The molecule has 0 N–H and O–H groups in total. The Labute approximate surface area is 357 Å². The van der Waals surface area contributed by atoms with Crippen LogP contribution in [0.4, 0.5) is 0 Å². The van der Waals surface area contributed by atoms with Crippen molar-refractivity contribution in [3.63, 3.8) is 0 Å². The van der Waals surface area contributed by atoms with Crippen LogP contribution in [-0.4, -0.2) is 19.5 Å². The van der Waals surface area contributed by atoms with Crippen LogP contribution in [0.1, 0.15) is 0 Å². The third-order valence-corrected chi connectivity index (χ3v) is 11.9. The van der Waals surface area contributed by atoms with Gasteiger partial charge >= 0.3 is 0 Å². The Morgan fingerprint density at radius 3 is 1.50 bits per heavy atom. The molecular weight excluding hydrogens is 757 g/mol. The van der Waals surface area contributed by atoms with E-state index in [1.807, 2.05) is 36.4 Å². The molecule has 0 spiro atoms. The zero-order valence-corrected chi connectivity index (χ0v) is 33.5. The summed E-state index contributed by atoms with van der Waals surface area (Å²) >= 11 is 0. The van der Waals surface area contributed by atoms with Crippen molar-refractivity contribution in [2.24, 2.45) is 0 Å². The van der Waals surface area contributed by atoms with Crippen LogP contribution >= 0.6 is 0 Å². The molecule has 0 saturated carbocycles. The molecule has 290 valence electrons. The maximum absolute atomic E-state index is 6.76. The Morgan fingerprint density at radius 1 is 0.306 bits per heavy atom. The van der Waals surface area contributed by atoms with Gasteiger partial charge in [-0.1, -0.05) is 170 Å². The summed E-state index contributed by atoms with van der Waals surface area (Å²) in [4.78, 5) is 15.2. The molecule has 0 aliphatic heterocycles. The monoisotopic (exact) mass is 792 g/mol. The summed E-state index contributed by atoms with van der Waals surface area (Å²) < 4.78 is 9.15. The van der Waals surface area contributed by atoms with Gasteiger partial charge in [-0.15, -0.1) is 0 Å². The van der Waals surface area contributed by atoms with Gasteiger partial charge in [-0.25, -0.2) is 15.0 Å². The lowest BCUT2D eigenvalue weighted by atomic mass is 10.00. The number of benzene rings is 9. The second-order valence-corrected chi connectivity index (χ2v) is 15.6. The molecule has 5 heteroatoms. The lowest BCUT2D eigenvalue weighted by molar-refractivity contribution is 0.669. The van der Waals surface area contributed by atoms with E-state index in [1.165, 1.54) is 27.5 Å². The van der Waals surface area contributed by atoms with Crippen molar-refractivity contribution < 1.29 is 4.42 Å². The van der Waals surface area contributed by atoms with Gasteiger partial charge < -0.3 is 8.98 Å². The molecule has 0 radical (unpaired) electrons. The molecule has 0 fully saturated rings. The molecule has 0 atom stereocenters. The highest BCUT2D eigenvalue weighted by Gasteiger charge is 2.21. The van der Waals surface area contributed by atoms with Crippen molar-refractivity contribution >= 4 is 43.7 Å². The average molecular weight is 793 g/mol. The van der Waals surface area contributed by atoms with Crippen molar-refractivity contribution in [2.75, 3.05) is 0 Å². The first kappa shape index (κ1) is 35.5. The van der Waals surface area contributed by atoms with Crippen LogP contribution < -0.4 is 0 Å². The smallest absolute Gasteiger partial charge is 0.164 e. The van der Waals surface area contributed by atoms with Gasteiger partial charge in [0.05, 0.1) is 16.4 Å². The van der Waals surface area contributed by atoms with E-state index < -0.39 is 0 Å². The largest absolute Gasteiger partial charge is 0.456 e. The Hall–Kier alpha value is -8.41. The van der Waals surface area contributed by atoms with Crippen molar-refractivity contribution in [1.29, 1.82) is 0 Å². The molecule has 0 bridgehead atoms. The van der Waals surface area contributed by atoms with E-state index in [9.17, 15) is 0 Å². The molecule has 62 heavy (non-hydrogen) atoms. The zero-order valence-electron chi connectivity index (χ0n) is 33.5. The Balaban J connectivity index is 1.00. The van der Waals surface area contributed by atoms with E-state index in [0.717, 1.165) is 72.0 Å². The summed E-state index contributed by atoms with van der Waals surface area (Å²) in [6.45, 7) is 0. The third-order valence-electron chi connectivity index (χ3n) is 11.9. The number of aromatic nitrogens is 4. The van der Waals surface area contributed by atoms with Gasteiger partial charge in [0.1, 0.15) is 11.2 Å². The number of rotatable bonds is 7. The maximum atomic E-state index is 6.76. The van der Waals surface area contributed by atoms with E-state index in [4.69, 9.17) is 19.4 Å². The van der Waals surface area contributed by atoms with Gasteiger partial charge in [0, 0.05) is 38.5 Å². The normalized spacial score (nSPS) is 11.5. The van der Waals surface area contributed by atoms with Crippen LogP contribution in [-0.2, 0) is 0 Å². The molecule has 0 aliphatic rings. The molecule has 0 saturated heterocycles. The average Bonchev–Trinajstić information content (AvgIpc) is 3.90. The predicted octanol–water partition coefficient (Wildman–Crippen LogP) is 14.9. The first-order valence-electron chi connectivity index (χ1n) is 20.8. The van der Waals surface area contributed by atoms with E-state index in [2.05, 4.69) is 187 Å². The molecule has 0 unspecified atom stereocenters. The highest BCUT2D eigenvalue weighted by atomic mass is 16.3. The summed E-state index contributed by atoms with van der Waals surface area (Å²) in [6, 6.07) is 76.3. The van der Waals surface area contributed by atoms with Crippen LogP contribution in [0.5, 0.6) is 0 Å². The van der Waals surface area contributed by atoms with Crippen LogP contribution in [0, 0.1) is 0 Å². The van der Waals surface area contributed by atoms with Gasteiger partial charge in [0.2, 0.25) is 0 Å². The molecule has 3 aromatic heterocycles. The number of hydrogen-bond acceptors (Lipinski definition) is 4. The summed E-state index contributed by atoms with van der Waals surface area (Å²) in [5, 5.41) is 4.46. The second-order valence-electron chi connectivity index (χ2n) is 15.6.